The van der Waals surface area contributed by atoms with E-state index in [4.69, 9.17) is 4.74 Å². The van der Waals surface area contributed by atoms with Gasteiger partial charge in [0.2, 0.25) is 0 Å². The van der Waals surface area contributed by atoms with Crippen molar-refractivity contribution in [3.63, 3.8) is 0 Å². The molecule has 0 bridgehead atoms. The topological polar surface area (TPSA) is 26.3 Å². The molecule has 2 nitrogen and oxygen atoms in total. The number of hydrogen-bond donors (Lipinski definition) is 0. The molecule has 0 aliphatic rings. The van der Waals surface area contributed by atoms with Crippen LogP contribution >= 0.6 is 0 Å². The summed E-state index contributed by atoms with van der Waals surface area (Å²) in [6.07, 6.45) is 7.99. The van der Waals surface area contributed by atoms with Gasteiger partial charge in [-0.15, -0.1) is 0 Å². The second kappa shape index (κ2) is 8.51. The van der Waals surface area contributed by atoms with Crippen LogP contribution in [0.2, 0.25) is 0 Å². The Labute approximate surface area is 110 Å². The van der Waals surface area contributed by atoms with Gasteiger partial charge in [-0.2, -0.15) is 0 Å². The third-order valence-corrected chi connectivity index (χ3v) is 2.95. The van der Waals surface area contributed by atoms with Gasteiger partial charge >= 0.3 is 0 Å². The van der Waals surface area contributed by atoms with Crippen molar-refractivity contribution in [2.45, 2.75) is 39.0 Å². The molecule has 0 aromatic heterocycles. The molecule has 0 heterocycles. The van der Waals surface area contributed by atoms with Crippen molar-refractivity contribution >= 4 is 6.29 Å². The first kappa shape index (κ1) is 14.5. The molecule has 0 fully saturated rings. The van der Waals surface area contributed by atoms with Gasteiger partial charge in [0, 0.05) is 6.42 Å². The maximum atomic E-state index is 10.2. The summed E-state index contributed by atoms with van der Waals surface area (Å²) in [4.78, 5) is 10.2. The first-order valence-electron chi connectivity index (χ1n) is 6.48. The number of carbonyl (C=O) groups excluding carboxylic acids is 1. The lowest BCUT2D eigenvalue weighted by molar-refractivity contribution is -0.107. The lowest BCUT2D eigenvalue weighted by atomic mass is 10.1. The fourth-order valence-electron chi connectivity index (χ4n) is 1.88. The zero-order chi connectivity index (χ0) is 13.2. The van der Waals surface area contributed by atoms with Crippen molar-refractivity contribution in [1.29, 1.82) is 0 Å². The Morgan fingerprint density at radius 1 is 1.33 bits per heavy atom. The Morgan fingerprint density at radius 3 is 2.89 bits per heavy atom. The average molecular weight is 246 g/mol. The van der Waals surface area contributed by atoms with E-state index >= 15 is 0 Å². The number of carbonyl (C=O) groups is 1. The van der Waals surface area contributed by atoms with Crippen molar-refractivity contribution in [3.05, 3.63) is 41.5 Å². The first-order valence-corrected chi connectivity index (χ1v) is 6.48. The molecule has 0 aliphatic heterocycles. The molecule has 0 unspecified atom stereocenters. The van der Waals surface area contributed by atoms with Gasteiger partial charge in [-0.3, -0.25) is 0 Å². The third-order valence-electron chi connectivity index (χ3n) is 2.95. The molecule has 1 rings (SSSR count). The quantitative estimate of drug-likeness (QED) is 0.394. The van der Waals surface area contributed by atoms with E-state index in [1.807, 2.05) is 12.1 Å². The van der Waals surface area contributed by atoms with Crippen LogP contribution in [0.3, 0.4) is 0 Å². The predicted molar refractivity (Wildman–Crippen MR) is 75.0 cm³/mol. The van der Waals surface area contributed by atoms with Crippen LogP contribution in [0.15, 0.2) is 35.9 Å². The molecule has 0 saturated heterocycles. The standard InChI is InChI=1S/C16H22O2/c1-14(7-3-4-12-17)8-5-9-15-10-6-11-16(13-15)18-2/h6,8,10-13H,3-5,7,9H2,1-2H3/b14-8+. The number of methoxy groups -OCH3 is 1. The van der Waals surface area contributed by atoms with Crippen molar-refractivity contribution in [3.8, 4) is 5.75 Å². The van der Waals surface area contributed by atoms with Gasteiger partial charge in [0.1, 0.15) is 12.0 Å². The Hall–Kier alpha value is -1.57. The number of hydrogen-bond acceptors (Lipinski definition) is 2. The molecule has 0 N–H and O–H groups in total. The smallest absolute Gasteiger partial charge is 0.120 e. The van der Waals surface area contributed by atoms with Crippen LogP contribution in [0.25, 0.3) is 0 Å². The van der Waals surface area contributed by atoms with Gasteiger partial charge < -0.3 is 9.53 Å². The SMILES string of the molecule is COc1cccc(CC/C=C(\C)CCCC=O)c1. The molecule has 0 spiro atoms. The molecule has 0 radical (unpaired) electrons. The summed E-state index contributed by atoms with van der Waals surface area (Å²) in [6, 6.07) is 8.19. The van der Waals surface area contributed by atoms with Gasteiger partial charge in [0.15, 0.2) is 0 Å². The number of aldehydes is 1. The fraction of sp³-hybridized carbons (Fsp3) is 0.438. The van der Waals surface area contributed by atoms with E-state index in [1.165, 1.54) is 11.1 Å². The maximum Gasteiger partial charge on any atom is 0.120 e. The molecule has 0 saturated carbocycles. The largest absolute Gasteiger partial charge is 0.497 e. The second-order valence-corrected chi connectivity index (χ2v) is 4.50. The highest BCUT2D eigenvalue weighted by Gasteiger charge is 1.96. The van der Waals surface area contributed by atoms with E-state index in [1.54, 1.807) is 7.11 Å². The highest BCUT2D eigenvalue weighted by molar-refractivity contribution is 5.49. The van der Waals surface area contributed by atoms with Crippen LogP contribution in [-0.4, -0.2) is 13.4 Å². The molecule has 0 amide bonds. The number of benzene rings is 1. The minimum absolute atomic E-state index is 0.668. The number of ether oxygens (including phenoxy) is 1. The Morgan fingerprint density at radius 2 is 2.17 bits per heavy atom. The van der Waals surface area contributed by atoms with Gasteiger partial charge in [0.05, 0.1) is 7.11 Å². The van der Waals surface area contributed by atoms with E-state index in [0.29, 0.717) is 6.42 Å². The molecule has 1 aromatic carbocycles. The summed E-state index contributed by atoms with van der Waals surface area (Å²) in [7, 11) is 1.69. The van der Waals surface area contributed by atoms with Crippen molar-refractivity contribution in [2.75, 3.05) is 7.11 Å². The molecule has 1 aromatic rings. The van der Waals surface area contributed by atoms with Crippen molar-refractivity contribution < 1.29 is 9.53 Å². The minimum atomic E-state index is 0.668. The summed E-state index contributed by atoms with van der Waals surface area (Å²) >= 11 is 0. The molecular weight excluding hydrogens is 224 g/mol. The number of rotatable bonds is 8. The normalized spacial score (nSPS) is 11.3. The van der Waals surface area contributed by atoms with Crippen LogP contribution in [-0.2, 0) is 11.2 Å². The Balaban J connectivity index is 2.35. The summed E-state index contributed by atoms with van der Waals surface area (Å²) in [6.45, 7) is 2.14. The molecule has 98 valence electrons. The lowest BCUT2D eigenvalue weighted by Gasteiger charge is -2.03. The number of unbranched alkanes of at least 4 members (excludes halogenated alkanes) is 1. The molecular formula is C16H22O2. The van der Waals surface area contributed by atoms with Crippen LogP contribution in [0.1, 0.15) is 38.2 Å². The highest BCUT2D eigenvalue weighted by atomic mass is 16.5. The zero-order valence-electron chi connectivity index (χ0n) is 11.3. The van der Waals surface area contributed by atoms with Gasteiger partial charge in [-0.1, -0.05) is 23.8 Å². The van der Waals surface area contributed by atoms with E-state index in [9.17, 15) is 4.79 Å². The molecule has 2 heteroatoms. The van der Waals surface area contributed by atoms with Crippen LogP contribution in [0, 0.1) is 0 Å². The van der Waals surface area contributed by atoms with Crippen molar-refractivity contribution in [2.24, 2.45) is 0 Å². The highest BCUT2D eigenvalue weighted by Crippen LogP contribution is 2.15. The summed E-state index contributed by atoms with van der Waals surface area (Å²) in [5.41, 5.74) is 2.67. The summed E-state index contributed by atoms with van der Waals surface area (Å²) < 4.78 is 5.20. The van der Waals surface area contributed by atoms with Crippen LogP contribution in [0.5, 0.6) is 5.75 Å². The van der Waals surface area contributed by atoms with E-state index in [2.05, 4.69) is 25.1 Å². The Bertz CT molecular complexity index is 394. The Kier molecular flexibility index (Phi) is 6.85. The first-order chi connectivity index (χ1) is 8.76. The summed E-state index contributed by atoms with van der Waals surface area (Å²) in [5.74, 6) is 0.916. The zero-order valence-corrected chi connectivity index (χ0v) is 11.3. The van der Waals surface area contributed by atoms with Gasteiger partial charge in [-0.25, -0.2) is 0 Å². The molecule has 18 heavy (non-hydrogen) atoms. The van der Waals surface area contributed by atoms with E-state index < -0.39 is 0 Å². The lowest BCUT2D eigenvalue weighted by Crippen LogP contribution is -1.88. The van der Waals surface area contributed by atoms with E-state index in [0.717, 1.165) is 37.7 Å². The number of allylic oxidation sites excluding steroid dienone is 2. The van der Waals surface area contributed by atoms with Crippen molar-refractivity contribution in [1.82, 2.24) is 0 Å². The predicted octanol–water partition coefficient (Wildman–Crippen LogP) is 3.94. The van der Waals surface area contributed by atoms with E-state index in [-0.39, 0.29) is 0 Å². The fourth-order valence-corrected chi connectivity index (χ4v) is 1.88. The monoisotopic (exact) mass is 246 g/mol. The average Bonchev–Trinajstić information content (AvgIpc) is 2.39. The third kappa shape index (κ3) is 5.67. The minimum Gasteiger partial charge on any atom is -0.497 e. The summed E-state index contributed by atoms with van der Waals surface area (Å²) in [5, 5.41) is 0. The van der Waals surface area contributed by atoms with Gasteiger partial charge in [-0.05, 0) is 50.3 Å². The second-order valence-electron chi connectivity index (χ2n) is 4.50. The van der Waals surface area contributed by atoms with Crippen LogP contribution < -0.4 is 4.74 Å². The number of aryl methyl sites for hydroxylation is 1. The maximum absolute atomic E-state index is 10.2. The molecule has 0 atom stereocenters. The van der Waals surface area contributed by atoms with Crippen LogP contribution in [0.4, 0.5) is 0 Å². The van der Waals surface area contributed by atoms with Gasteiger partial charge in [0.25, 0.3) is 0 Å². The molecule has 0 aliphatic carbocycles.